The Morgan fingerprint density at radius 2 is 1.94 bits per heavy atom. The molecular weight excluding hydrogens is 220 g/mol. The van der Waals surface area contributed by atoms with Crippen molar-refractivity contribution in [2.75, 3.05) is 19.6 Å². The minimum atomic E-state index is 0.759. The van der Waals surface area contributed by atoms with E-state index >= 15 is 0 Å². The Labute approximate surface area is 113 Å². The summed E-state index contributed by atoms with van der Waals surface area (Å²) in [4.78, 5) is 0. The molecule has 0 aromatic rings. The Morgan fingerprint density at radius 3 is 2.44 bits per heavy atom. The Morgan fingerprint density at radius 1 is 1.22 bits per heavy atom. The standard InChI is InChI=1S/C16H32N2/c1-13(2)14(7-10-17)4-3-11-18-12-16(8-9-16)15-5-6-15/h13-15,18H,3-12,17H2,1-2H3. The summed E-state index contributed by atoms with van der Waals surface area (Å²) in [5.41, 5.74) is 6.45. The molecule has 2 nitrogen and oxygen atoms in total. The molecule has 2 saturated carbocycles. The summed E-state index contributed by atoms with van der Waals surface area (Å²) in [7, 11) is 0. The summed E-state index contributed by atoms with van der Waals surface area (Å²) in [6.45, 7) is 8.02. The van der Waals surface area contributed by atoms with E-state index in [1.165, 1.54) is 58.0 Å². The van der Waals surface area contributed by atoms with Gasteiger partial charge in [0.15, 0.2) is 0 Å². The predicted octanol–water partition coefficient (Wildman–Crippen LogP) is 3.17. The smallest absolute Gasteiger partial charge is 0.00105 e. The number of rotatable bonds is 10. The summed E-state index contributed by atoms with van der Waals surface area (Å²) in [6, 6.07) is 0. The summed E-state index contributed by atoms with van der Waals surface area (Å²) in [6.07, 6.45) is 9.87. The van der Waals surface area contributed by atoms with Crippen LogP contribution in [0.1, 0.15) is 58.8 Å². The van der Waals surface area contributed by atoms with Crippen LogP contribution in [0.4, 0.5) is 0 Å². The van der Waals surface area contributed by atoms with Gasteiger partial charge in [0.05, 0.1) is 0 Å². The van der Waals surface area contributed by atoms with Crippen LogP contribution in [0.2, 0.25) is 0 Å². The Balaban J connectivity index is 1.52. The normalized spacial score (nSPS) is 23.3. The van der Waals surface area contributed by atoms with Gasteiger partial charge >= 0.3 is 0 Å². The van der Waals surface area contributed by atoms with Crippen LogP contribution in [-0.2, 0) is 0 Å². The molecule has 2 aliphatic rings. The molecule has 1 atom stereocenters. The van der Waals surface area contributed by atoms with Crippen molar-refractivity contribution in [3.63, 3.8) is 0 Å². The first-order valence-corrected chi connectivity index (χ1v) is 8.09. The molecule has 0 amide bonds. The first-order valence-electron chi connectivity index (χ1n) is 8.09. The van der Waals surface area contributed by atoms with Gasteiger partial charge in [-0.3, -0.25) is 0 Å². The molecule has 0 aromatic heterocycles. The topological polar surface area (TPSA) is 38.0 Å². The van der Waals surface area contributed by atoms with Crippen LogP contribution < -0.4 is 11.1 Å². The second-order valence-electron chi connectivity index (χ2n) is 7.04. The first kappa shape index (κ1) is 14.3. The van der Waals surface area contributed by atoms with Crippen molar-refractivity contribution >= 4 is 0 Å². The Kier molecular flexibility index (Phi) is 5.08. The summed E-state index contributed by atoms with van der Waals surface area (Å²) < 4.78 is 0. The molecule has 0 aliphatic heterocycles. The molecule has 1 unspecified atom stereocenters. The van der Waals surface area contributed by atoms with Gasteiger partial charge in [-0.25, -0.2) is 0 Å². The molecule has 0 saturated heterocycles. The lowest BCUT2D eigenvalue weighted by atomic mass is 9.88. The van der Waals surface area contributed by atoms with Crippen LogP contribution in [0, 0.1) is 23.2 Å². The van der Waals surface area contributed by atoms with E-state index in [2.05, 4.69) is 19.2 Å². The average molecular weight is 252 g/mol. The fourth-order valence-corrected chi connectivity index (χ4v) is 3.44. The molecular formula is C16H32N2. The molecule has 2 fully saturated rings. The van der Waals surface area contributed by atoms with E-state index in [-0.39, 0.29) is 0 Å². The van der Waals surface area contributed by atoms with Crippen molar-refractivity contribution in [3.8, 4) is 0 Å². The van der Waals surface area contributed by atoms with Gasteiger partial charge in [-0.1, -0.05) is 13.8 Å². The highest BCUT2D eigenvalue weighted by molar-refractivity contribution is 5.04. The van der Waals surface area contributed by atoms with Crippen LogP contribution in [-0.4, -0.2) is 19.6 Å². The van der Waals surface area contributed by atoms with Crippen LogP contribution in [0.5, 0.6) is 0 Å². The van der Waals surface area contributed by atoms with E-state index in [0.717, 1.165) is 29.7 Å². The maximum Gasteiger partial charge on any atom is 0.00105 e. The van der Waals surface area contributed by atoms with Crippen LogP contribution in [0.3, 0.4) is 0 Å². The van der Waals surface area contributed by atoms with Crippen molar-refractivity contribution < 1.29 is 0 Å². The van der Waals surface area contributed by atoms with Gasteiger partial charge in [-0.05, 0) is 81.2 Å². The van der Waals surface area contributed by atoms with E-state index < -0.39 is 0 Å². The van der Waals surface area contributed by atoms with Crippen LogP contribution in [0.15, 0.2) is 0 Å². The fraction of sp³-hybridized carbons (Fsp3) is 1.00. The number of nitrogens with one attached hydrogen (secondary N) is 1. The lowest BCUT2D eigenvalue weighted by Gasteiger charge is -2.20. The largest absolute Gasteiger partial charge is 0.330 e. The van der Waals surface area contributed by atoms with Crippen molar-refractivity contribution in [3.05, 3.63) is 0 Å². The molecule has 2 aliphatic carbocycles. The molecule has 3 N–H and O–H groups in total. The highest BCUT2D eigenvalue weighted by atomic mass is 14.9. The molecule has 2 heteroatoms. The van der Waals surface area contributed by atoms with Crippen LogP contribution in [0.25, 0.3) is 0 Å². The van der Waals surface area contributed by atoms with E-state index in [9.17, 15) is 0 Å². The van der Waals surface area contributed by atoms with Crippen LogP contribution >= 0.6 is 0 Å². The van der Waals surface area contributed by atoms with Crippen molar-refractivity contribution in [1.82, 2.24) is 5.32 Å². The third-order valence-electron chi connectivity index (χ3n) is 5.22. The molecule has 0 aromatic carbocycles. The minimum absolute atomic E-state index is 0.759. The molecule has 0 radical (unpaired) electrons. The van der Waals surface area contributed by atoms with Gasteiger partial charge < -0.3 is 11.1 Å². The highest BCUT2D eigenvalue weighted by Gasteiger charge is 2.52. The lowest BCUT2D eigenvalue weighted by molar-refractivity contribution is 0.325. The van der Waals surface area contributed by atoms with Gasteiger partial charge in [0.25, 0.3) is 0 Å². The van der Waals surface area contributed by atoms with E-state index in [4.69, 9.17) is 5.73 Å². The first-order chi connectivity index (χ1) is 8.68. The zero-order valence-corrected chi connectivity index (χ0v) is 12.4. The average Bonchev–Trinajstić information content (AvgIpc) is 3.18. The molecule has 0 bridgehead atoms. The van der Waals surface area contributed by atoms with Gasteiger partial charge in [0.2, 0.25) is 0 Å². The zero-order chi connectivity index (χ0) is 13.0. The third-order valence-corrected chi connectivity index (χ3v) is 5.22. The zero-order valence-electron chi connectivity index (χ0n) is 12.4. The third kappa shape index (κ3) is 3.96. The number of hydrogen-bond donors (Lipinski definition) is 2. The SMILES string of the molecule is CC(C)C(CCN)CCCNCC1(C2CC2)CC1. The second kappa shape index (κ2) is 6.38. The Bertz CT molecular complexity index is 241. The summed E-state index contributed by atoms with van der Waals surface area (Å²) in [5.74, 6) is 2.70. The molecule has 0 spiro atoms. The fourth-order valence-electron chi connectivity index (χ4n) is 3.44. The summed E-state index contributed by atoms with van der Waals surface area (Å²) >= 11 is 0. The van der Waals surface area contributed by atoms with Crippen molar-refractivity contribution in [2.24, 2.45) is 28.9 Å². The quantitative estimate of drug-likeness (QED) is 0.586. The lowest BCUT2D eigenvalue weighted by Crippen LogP contribution is -2.27. The van der Waals surface area contributed by atoms with E-state index in [0.29, 0.717) is 0 Å². The van der Waals surface area contributed by atoms with E-state index in [1.807, 2.05) is 0 Å². The minimum Gasteiger partial charge on any atom is -0.330 e. The second-order valence-corrected chi connectivity index (χ2v) is 7.04. The molecule has 2 rings (SSSR count). The monoisotopic (exact) mass is 252 g/mol. The molecule has 0 heterocycles. The molecule has 106 valence electrons. The van der Waals surface area contributed by atoms with Gasteiger partial charge in [0, 0.05) is 6.54 Å². The number of hydrogen-bond acceptors (Lipinski definition) is 2. The van der Waals surface area contributed by atoms with E-state index in [1.54, 1.807) is 0 Å². The number of nitrogens with two attached hydrogens (primary N) is 1. The molecule has 18 heavy (non-hydrogen) atoms. The Hall–Kier alpha value is -0.0800. The van der Waals surface area contributed by atoms with Gasteiger partial charge in [-0.2, -0.15) is 0 Å². The van der Waals surface area contributed by atoms with Crippen molar-refractivity contribution in [1.29, 1.82) is 0 Å². The highest BCUT2D eigenvalue weighted by Crippen LogP contribution is 2.60. The predicted molar refractivity (Wildman–Crippen MR) is 78.5 cm³/mol. The van der Waals surface area contributed by atoms with Gasteiger partial charge in [0.1, 0.15) is 0 Å². The maximum atomic E-state index is 5.69. The van der Waals surface area contributed by atoms with Gasteiger partial charge in [-0.15, -0.1) is 0 Å². The summed E-state index contributed by atoms with van der Waals surface area (Å²) in [5, 5.41) is 3.71. The maximum absolute atomic E-state index is 5.69. The van der Waals surface area contributed by atoms with Crippen molar-refractivity contribution in [2.45, 2.75) is 58.8 Å².